The zero-order valence-corrected chi connectivity index (χ0v) is 14.7. The zero-order valence-electron chi connectivity index (χ0n) is 11.1. The smallest absolute Gasteiger partial charge is 0.138 e. The summed E-state index contributed by atoms with van der Waals surface area (Å²) in [5.41, 5.74) is 1.38. The van der Waals surface area contributed by atoms with Crippen molar-refractivity contribution in [3.63, 3.8) is 0 Å². The summed E-state index contributed by atoms with van der Waals surface area (Å²) in [6.07, 6.45) is 0. The lowest BCUT2D eigenvalue weighted by Gasteiger charge is -2.46. The quantitative estimate of drug-likeness (QED) is 0.715. The Hall–Kier alpha value is -0.0662. The molecule has 0 spiro atoms. The van der Waals surface area contributed by atoms with Crippen LogP contribution in [0.25, 0.3) is 0 Å². The van der Waals surface area contributed by atoms with Gasteiger partial charge in [0.25, 0.3) is 0 Å². The maximum atomic E-state index is 3.68. The highest BCUT2D eigenvalue weighted by Gasteiger charge is 2.35. The van der Waals surface area contributed by atoms with Gasteiger partial charge in [-0.15, -0.1) is 0 Å². The normalized spacial score (nSPS) is 12.7. The lowest BCUT2D eigenvalue weighted by atomic mass is 10.3. The molecule has 1 nitrogen and oxygen atoms in total. The third-order valence-corrected chi connectivity index (χ3v) is 10.3. The van der Waals surface area contributed by atoms with Gasteiger partial charge in [0.1, 0.15) is 16.5 Å². The van der Waals surface area contributed by atoms with Gasteiger partial charge in [-0.2, -0.15) is 0 Å². The molecule has 0 fully saturated rings. The van der Waals surface area contributed by atoms with Crippen LogP contribution in [0.15, 0.2) is 28.7 Å². The van der Waals surface area contributed by atoms with Gasteiger partial charge in [-0.3, -0.25) is 0 Å². The van der Waals surface area contributed by atoms with E-state index in [2.05, 4.69) is 83.7 Å². The average Bonchev–Trinajstić information content (AvgIpc) is 2.03. The molecule has 0 aromatic heterocycles. The molecule has 0 saturated heterocycles. The summed E-state index contributed by atoms with van der Waals surface area (Å²) in [4.78, 5) is 0. The Bertz CT molecular complexity index is 352. The molecule has 1 aromatic carbocycles. The average molecular weight is 316 g/mol. The molecule has 0 radical (unpaired) electrons. The van der Waals surface area contributed by atoms with Crippen molar-refractivity contribution >= 4 is 38.1 Å². The fourth-order valence-electron chi connectivity index (χ4n) is 2.36. The van der Waals surface area contributed by atoms with Gasteiger partial charge in [0.15, 0.2) is 0 Å². The molecule has 16 heavy (non-hydrogen) atoms. The van der Waals surface area contributed by atoms with E-state index in [0.29, 0.717) is 0 Å². The Kier molecular flexibility index (Phi) is 4.08. The largest absolute Gasteiger partial charge is 0.424 e. The van der Waals surface area contributed by atoms with Crippen LogP contribution in [0.2, 0.25) is 39.3 Å². The molecule has 0 amide bonds. The summed E-state index contributed by atoms with van der Waals surface area (Å²) >= 11 is 3.68. The Morgan fingerprint density at radius 2 is 1.31 bits per heavy atom. The highest BCUT2D eigenvalue weighted by Crippen LogP contribution is 2.33. The van der Waals surface area contributed by atoms with Crippen molar-refractivity contribution < 1.29 is 0 Å². The van der Waals surface area contributed by atoms with Gasteiger partial charge in [0.2, 0.25) is 0 Å². The first-order valence-electron chi connectivity index (χ1n) is 5.69. The van der Waals surface area contributed by atoms with Crippen LogP contribution >= 0.6 is 15.9 Å². The molecule has 1 rings (SSSR count). The maximum Gasteiger partial charge on any atom is 0.138 e. The van der Waals surface area contributed by atoms with Crippen LogP contribution in [0.4, 0.5) is 5.69 Å². The van der Waals surface area contributed by atoms with Crippen molar-refractivity contribution in [2.45, 2.75) is 39.3 Å². The summed E-state index contributed by atoms with van der Waals surface area (Å²) in [6, 6.07) is 8.59. The number of hydrogen-bond donors (Lipinski definition) is 0. The second-order valence-electron chi connectivity index (χ2n) is 6.13. The van der Waals surface area contributed by atoms with Crippen LogP contribution in [0.3, 0.4) is 0 Å². The molecule has 0 atom stereocenters. The van der Waals surface area contributed by atoms with Gasteiger partial charge in [-0.25, -0.2) is 0 Å². The molecule has 0 aliphatic heterocycles. The first-order valence-corrected chi connectivity index (χ1v) is 13.4. The summed E-state index contributed by atoms with van der Waals surface area (Å²) < 4.78 is 3.95. The molecule has 4 heteroatoms. The van der Waals surface area contributed by atoms with Crippen molar-refractivity contribution in [2.24, 2.45) is 0 Å². The fourth-order valence-corrected chi connectivity index (χ4v) is 13.0. The Labute approximate surface area is 110 Å². The van der Waals surface area contributed by atoms with Crippen molar-refractivity contribution in [1.82, 2.24) is 0 Å². The van der Waals surface area contributed by atoms with Crippen LogP contribution in [-0.2, 0) is 0 Å². The number of rotatable bonds is 3. The Balaban J connectivity index is 3.29. The lowest BCUT2D eigenvalue weighted by molar-refractivity contribution is 1.34. The van der Waals surface area contributed by atoms with Crippen LogP contribution in [-0.4, -0.2) is 16.5 Å². The molecular weight excluding hydrogens is 294 g/mol. The van der Waals surface area contributed by atoms with Crippen LogP contribution in [0, 0.1) is 0 Å². The zero-order chi connectivity index (χ0) is 12.6. The van der Waals surface area contributed by atoms with Gasteiger partial charge >= 0.3 is 0 Å². The first kappa shape index (κ1) is 14.0. The molecule has 0 unspecified atom stereocenters. The summed E-state index contributed by atoms with van der Waals surface area (Å²) in [5, 5.41) is 0. The van der Waals surface area contributed by atoms with Crippen molar-refractivity contribution in [1.29, 1.82) is 0 Å². The molecule has 0 aliphatic rings. The van der Waals surface area contributed by atoms with E-state index in [1.807, 2.05) is 0 Å². The number of hydrogen-bond acceptors (Lipinski definition) is 1. The lowest BCUT2D eigenvalue weighted by Crippen LogP contribution is -2.59. The number of nitrogens with zero attached hydrogens (tertiary/aromatic N) is 1. The minimum atomic E-state index is -1.33. The van der Waals surface area contributed by atoms with Gasteiger partial charge in [0, 0.05) is 10.2 Å². The molecule has 0 heterocycles. The fraction of sp³-hybridized carbons (Fsp3) is 0.500. The molecule has 0 bridgehead atoms. The van der Waals surface area contributed by atoms with E-state index in [-0.39, 0.29) is 0 Å². The van der Waals surface area contributed by atoms with Crippen molar-refractivity contribution in [3.8, 4) is 0 Å². The SMILES string of the molecule is C[Si](C)(C)N(c1ccccc1Br)[Si](C)(C)C. The van der Waals surface area contributed by atoms with Crippen LogP contribution in [0.1, 0.15) is 0 Å². The van der Waals surface area contributed by atoms with E-state index in [4.69, 9.17) is 0 Å². The topological polar surface area (TPSA) is 3.24 Å². The maximum absolute atomic E-state index is 3.68. The molecule has 0 N–H and O–H groups in total. The summed E-state index contributed by atoms with van der Waals surface area (Å²) in [5.74, 6) is 0. The molecule has 0 saturated carbocycles. The number of para-hydroxylation sites is 1. The second kappa shape index (κ2) is 4.66. The van der Waals surface area contributed by atoms with Gasteiger partial charge < -0.3 is 4.23 Å². The number of benzene rings is 1. The van der Waals surface area contributed by atoms with Crippen LogP contribution < -0.4 is 4.23 Å². The van der Waals surface area contributed by atoms with Crippen LogP contribution in [0.5, 0.6) is 0 Å². The van der Waals surface area contributed by atoms with Crippen molar-refractivity contribution in [2.75, 3.05) is 4.23 Å². The third kappa shape index (κ3) is 3.21. The Morgan fingerprint density at radius 3 is 1.69 bits per heavy atom. The van der Waals surface area contributed by atoms with E-state index in [9.17, 15) is 0 Å². The van der Waals surface area contributed by atoms with E-state index in [0.717, 1.165) is 0 Å². The summed E-state index contributed by atoms with van der Waals surface area (Å²) in [6.45, 7) is 14.5. The number of anilines is 1. The van der Waals surface area contributed by atoms with E-state index in [1.165, 1.54) is 10.2 Å². The van der Waals surface area contributed by atoms with E-state index < -0.39 is 16.5 Å². The monoisotopic (exact) mass is 315 g/mol. The van der Waals surface area contributed by atoms with Gasteiger partial charge in [-0.1, -0.05) is 51.4 Å². The predicted molar refractivity (Wildman–Crippen MR) is 83.3 cm³/mol. The van der Waals surface area contributed by atoms with Gasteiger partial charge in [0.05, 0.1) is 0 Å². The van der Waals surface area contributed by atoms with Gasteiger partial charge in [-0.05, 0) is 28.1 Å². The molecule has 90 valence electrons. The predicted octanol–water partition coefficient (Wildman–Crippen LogP) is 4.93. The molecule has 1 aromatic rings. The molecule has 0 aliphatic carbocycles. The Morgan fingerprint density at radius 1 is 0.875 bits per heavy atom. The third-order valence-electron chi connectivity index (χ3n) is 2.43. The number of halogens is 1. The highest BCUT2D eigenvalue weighted by atomic mass is 79.9. The minimum absolute atomic E-state index is 1.22. The molecular formula is C12H22BrNSi2. The first-order chi connectivity index (χ1) is 7.14. The summed E-state index contributed by atoms with van der Waals surface area (Å²) in [7, 11) is -2.66. The minimum Gasteiger partial charge on any atom is -0.424 e. The second-order valence-corrected chi connectivity index (χ2v) is 17.0. The van der Waals surface area contributed by atoms with E-state index in [1.54, 1.807) is 0 Å². The highest BCUT2D eigenvalue weighted by molar-refractivity contribution is 9.10. The van der Waals surface area contributed by atoms with Crippen molar-refractivity contribution in [3.05, 3.63) is 28.7 Å². The standard InChI is InChI=1S/C12H22BrNSi2/c1-15(2,3)14(16(4,5)6)12-10-8-7-9-11(12)13/h7-10H,1-6H3. The van der Waals surface area contributed by atoms with E-state index >= 15 is 0 Å².